The van der Waals surface area contributed by atoms with Gasteiger partial charge >= 0.3 is 6.18 Å². The van der Waals surface area contributed by atoms with Crippen LogP contribution in [0, 0.1) is 5.92 Å². The molecule has 1 aromatic carbocycles. The van der Waals surface area contributed by atoms with Gasteiger partial charge in [0.2, 0.25) is 5.91 Å². The van der Waals surface area contributed by atoms with Gasteiger partial charge in [-0.05, 0) is 43.2 Å². The third kappa shape index (κ3) is 5.62. The van der Waals surface area contributed by atoms with E-state index in [9.17, 15) is 22.8 Å². The molecule has 5 aromatic rings. The van der Waals surface area contributed by atoms with Crippen molar-refractivity contribution in [2.75, 3.05) is 5.32 Å². The third-order valence-electron chi connectivity index (χ3n) is 7.71. The molecule has 0 aliphatic carbocycles. The molecule has 14 heteroatoms. The van der Waals surface area contributed by atoms with E-state index in [1.807, 2.05) is 19.1 Å². The molecule has 1 amide bonds. The van der Waals surface area contributed by atoms with Crippen molar-refractivity contribution in [1.82, 2.24) is 33.9 Å². The van der Waals surface area contributed by atoms with E-state index < -0.39 is 17.9 Å². The second-order valence-corrected chi connectivity index (χ2v) is 11.1. The van der Waals surface area contributed by atoms with E-state index in [1.165, 1.54) is 33.7 Å². The summed E-state index contributed by atoms with van der Waals surface area (Å²) in [6, 6.07) is 9.12. The van der Waals surface area contributed by atoms with Gasteiger partial charge in [-0.1, -0.05) is 24.9 Å². The van der Waals surface area contributed by atoms with Gasteiger partial charge in [-0.2, -0.15) is 18.3 Å². The van der Waals surface area contributed by atoms with Gasteiger partial charge in [0.05, 0.1) is 53.3 Å². The SMILES string of the molecule is C[C@@H]1CCC[C@H](n2cnc(-c3cc(Cl)ccc3-n3cnc(C(F)(F)F)c3)cc2=O)c2cc(ccn2)-c2c(cnn2C)NC1=O. The minimum Gasteiger partial charge on any atom is -0.323 e. The quantitative estimate of drug-likeness (QED) is 0.268. The number of imidazole rings is 1. The molecule has 2 bridgehead atoms. The molecule has 0 fully saturated rings. The molecule has 0 unspecified atom stereocenters. The van der Waals surface area contributed by atoms with Crippen LogP contribution in [0.4, 0.5) is 18.9 Å². The van der Waals surface area contributed by atoms with Gasteiger partial charge in [-0.3, -0.25) is 23.8 Å². The fourth-order valence-corrected chi connectivity index (χ4v) is 5.59. The summed E-state index contributed by atoms with van der Waals surface area (Å²) in [4.78, 5) is 39.2. The summed E-state index contributed by atoms with van der Waals surface area (Å²) in [7, 11) is 1.78. The fraction of sp³-hybridized carbons (Fsp3) is 0.267. The van der Waals surface area contributed by atoms with Gasteiger partial charge in [0.15, 0.2) is 5.69 Å². The maximum absolute atomic E-state index is 13.7. The van der Waals surface area contributed by atoms with Crippen molar-refractivity contribution in [3.8, 4) is 28.2 Å². The van der Waals surface area contributed by atoms with Crippen molar-refractivity contribution in [3.63, 3.8) is 0 Å². The predicted molar refractivity (Wildman–Crippen MR) is 157 cm³/mol. The van der Waals surface area contributed by atoms with Crippen LogP contribution in [-0.4, -0.2) is 39.8 Å². The first-order valence-corrected chi connectivity index (χ1v) is 14.2. The highest BCUT2D eigenvalue weighted by molar-refractivity contribution is 6.31. The zero-order valence-corrected chi connectivity index (χ0v) is 24.3. The molecule has 2 atom stereocenters. The smallest absolute Gasteiger partial charge is 0.323 e. The first-order valence-electron chi connectivity index (χ1n) is 13.8. The maximum Gasteiger partial charge on any atom is 0.434 e. The second-order valence-electron chi connectivity index (χ2n) is 10.7. The molecule has 5 heterocycles. The number of benzene rings is 1. The topological polar surface area (TPSA) is 113 Å². The third-order valence-corrected chi connectivity index (χ3v) is 7.95. The minimum absolute atomic E-state index is 0.119. The molecule has 1 aliphatic heterocycles. The van der Waals surface area contributed by atoms with Crippen LogP contribution in [0.25, 0.3) is 28.2 Å². The number of aromatic nitrogens is 7. The minimum atomic E-state index is -4.62. The first-order chi connectivity index (χ1) is 21.0. The number of carbonyl (C=O) groups excluding carboxylic acids is 1. The standard InChI is InChI=1S/C30H26ClF3N8O2/c1-17-4-3-5-25(22-10-18(8-9-35-22)28-23(39-29(17)44)13-38-40(28)2)42-16-36-21(12-27(42)43)20-11-19(31)6-7-24(20)41-14-26(37-15-41)30(32,33)34/h6-17,25H,3-5H2,1-2H3,(H,39,44)/t17-,25+/m1/s1. The average molecular weight is 623 g/mol. The summed E-state index contributed by atoms with van der Waals surface area (Å²) in [5, 5.41) is 7.63. The van der Waals surface area contributed by atoms with Crippen LogP contribution in [0.15, 0.2) is 72.4 Å². The molecule has 0 saturated heterocycles. The first kappa shape index (κ1) is 29.3. The number of amides is 1. The Morgan fingerprint density at radius 1 is 1.02 bits per heavy atom. The molecule has 1 N–H and O–H groups in total. The molecule has 44 heavy (non-hydrogen) atoms. The van der Waals surface area contributed by atoms with Crippen LogP contribution in [0.3, 0.4) is 0 Å². The number of anilines is 1. The van der Waals surface area contributed by atoms with Crippen molar-refractivity contribution in [1.29, 1.82) is 0 Å². The molecule has 226 valence electrons. The number of halogens is 4. The summed E-state index contributed by atoms with van der Waals surface area (Å²) < 4.78 is 44.1. The van der Waals surface area contributed by atoms with E-state index in [4.69, 9.17) is 11.6 Å². The summed E-state index contributed by atoms with van der Waals surface area (Å²) in [5.41, 5.74) is 2.15. The maximum atomic E-state index is 13.7. The molecule has 0 saturated carbocycles. The van der Waals surface area contributed by atoms with Gasteiger partial charge in [0, 0.05) is 47.6 Å². The lowest BCUT2D eigenvalue weighted by Crippen LogP contribution is -2.27. The van der Waals surface area contributed by atoms with E-state index in [-0.39, 0.29) is 23.1 Å². The zero-order chi connectivity index (χ0) is 31.2. The van der Waals surface area contributed by atoms with Gasteiger partial charge in [0.25, 0.3) is 5.56 Å². The normalized spacial score (nSPS) is 17.4. The van der Waals surface area contributed by atoms with E-state index in [0.29, 0.717) is 52.6 Å². The van der Waals surface area contributed by atoms with Crippen LogP contribution in [0.1, 0.15) is 43.6 Å². The monoisotopic (exact) mass is 622 g/mol. The number of alkyl halides is 3. The van der Waals surface area contributed by atoms with Crippen LogP contribution in [0.2, 0.25) is 5.02 Å². The largest absolute Gasteiger partial charge is 0.434 e. The molecular formula is C30H26ClF3N8O2. The lowest BCUT2D eigenvalue weighted by atomic mass is 9.97. The van der Waals surface area contributed by atoms with Crippen molar-refractivity contribution in [2.24, 2.45) is 13.0 Å². The van der Waals surface area contributed by atoms with Crippen molar-refractivity contribution in [3.05, 3.63) is 94.4 Å². The van der Waals surface area contributed by atoms with Gasteiger partial charge < -0.3 is 9.88 Å². The predicted octanol–water partition coefficient (Wildman–Crippen LogP) is 5.91. The Morgan fingerprint density at radius 2 is 1.84 bits per heavy atom. The highest BCUT2D eigenvalue weighted by atomic mass is 35.5. The summed E-state index contributed by atoms with van der Waals surface area (Å²) >= 11 is 6.25. The van der Waals surface area contributed by atoms with Crippen LogP contribution in [0.5, 0.6) is 0 Å². The van der Waals surface area contributed by atoms with Crippen LogP contribution < -0.4 is 10.9 Å². The van der Waals surface area contributed by atoms with Gasteiger partial charge in [-0.15, -0.1) is 0 Å². The lowest BCUT2D eigenvalue weighted by molar-refractivity contribution is -0.140. The number of fused-ring (bicyclic) bond motifs is 4. The Balaban J connectivity index is 1.42. The Hall–Kier alpha value is -4.78. The number of carbonyl (C=O) groups is 1. The Bertz CT molecular complexity index is 1930. The highest BCUT2D eigenvalue weighted by Crippen LogP contribution is 2.34. The lowest BCUT2D eigenvalue weighted by Gasteiger charge is -2.22. The van der Waals surface area contributed by atoms with Crippen molar-refractivity contribution >= 4 is 23.2 Å². The van der Waals surface area contributed by atoms with E-state index >= 15 is 0 Å². The summed E-state index contributed by atoms with van der Waals surface area (Å²) in [6.07, 6.45) is 3.68. The molecule has 6 rings (SSSR count). The number of rotatable bonds is 3. The van der Waals surface area contributed by atoms with Gasteiger partial charge in [0.1, 0.15) is 0 Å². The molecular weight excluding hydrogens is 597 g/mol. The number of aryl methyl sites for hydroxylation is 1. The molecule has 0 radical (unpaired) electrons. The Kier molecular flexibility index (Phi) is 7.58. The summed E-state index contributed by atoms with van der Waals surface area (Å²) in [6.45, 7) is 1.85. The van der Waals surface area contributed by atoms with Gasteiger partial charge in [-0.25, -0.2) is 9.97 Å². The molecule has 0 spiro atoms. The van der Waals surface area contributed by atoms with Crippen LogP contribution in [-0.2, 0) is 18.0 Å². The molecule has 10 nitrogen and oxygen atoms in total. The number of hydrogen-bond acceptors (Lipinski definition) is 6. The number of hydrogen-bond donors (Lipinski definition) is 1. The Labute approximate surface area is 254 Å². The number of pyridine rings is 1. The number of nitrogens with zero attached hydrogens (tertiary/aromatic N) is 7. The van der Waals surface area contributed by atoms with Crippen LogP contribution >= 0.6 is 11.6 Å². The second kappa shape index (κ2) is 11.4. The average Bonchev–Trinajstić information content (AvgIpc) is 3.62. The summed E-state index contributed by atoms with van der Waals surface area (Å²) in [5.74, 6) is -0.402. The Morgan fingerprint density at radius 3 is 2.59 bits per heavy atom. The van der Waals surface area contributed by atoms with E-state index in [1.54, 1.807) is 30.2 Å². The molecule has 1 aliphatic rings. The zero-order valence-electron chi connectivity index (χ0n) is 23.6. The van der Waals surface area contributed by atoms with Crippen molar-refractivity contribution < 1.29 is 18.0 Å². The fourth-order valence-electron chi connectivity index (χ4n) is 5.41. The molecule has 4 aromatic heterocycles. The van der Waals surface area contributed by atoms with E-state index in [2.05, 4.69) is 25.4 Å². The number of nitrogens with one attached hydrogen (secondary N) is 1. The van der Waals surface area contributed by atoms with Crippen molar-refractivity contribution in [2.45, 2.75) is 38.4 Å². The van der Waals surface area contributed by atoms with E-state index in [0.717, 1.165) is 18.1 Å². The highest BCUT2D eigenvalue weighted by Gasteiger charge is 2.34.